The van der Waals surface area contributed by atoms with Crippen LogP contribution < -0.4 is 4.90 Å². The lowest BCUT2D eigenvalue weighted by Crippen LogP contribution is -2.08. The third-order valence-corrected chi connectivity index (χ3v) is 5.35. The van der Waals surface area contributed by atoms with Gasteiger partial charge in [0.15, 0.2) is 0 Å². The minimum Gasteiger partial charge on any atom is -0.378 e. The van der Waals surface area contributed by atoms with E-state index in [1.54, 1.807) is 0 Å². The Hall–Kier alpha value is -3.37. The second kappa shape index (κ2) is 6.90. The van der Waals surface area contributed by atoms with E-state index >= 15 is 0 Å². The molecule has 0 aliphatic heterocycles. The van der Waals surface area contributed by atoms with E-state index < -0.39 is 0 Å². The lowest BCUT2D eigenvalue weighted by molar-refractivity contribution is 1.13. The van der Waals surface area contributed by atoms with Crippen molar-refractivity contribution in [2.45, 2.75) is 0 Å². The van der Waals surface area contributed by atoms with Gasteiger partial charge in [-0.3, -0.25) is 4.40 Å². The van der Waals surface area contributed by atoms with E-state index in [-0.39, 0.29) is 0 Å². The second-order valence-corrected chi connectivity index (χ2v) is 7.65. The maximum Gasteiger partial charge on any atom is 0.235 e. The fourth-order valence-corrected chi connectivity index (χ4v) is 3.70. The monoisotopic (exact) mass is 398 g/mol. The van der Waals surface area contributed by atoms with Crippen molar-refractivity contribution < 1.29 is 0 Å². The van der Waals surface area contributed by atoms with E-state index in [9.17, 15) is 0 Å². The van der Waals surface area contributed by atoms with Gasteiger partial charge in [-0.2, -0.15) is 0 Å². The van der Waals surface area contributed by atoms with E-state index in [0.717, 1.165) is 39.2 Å². The summed E-state index contributed by atoms with van der Waals surface area (Å²) in [6.07, 6.45) is 0. The first-order valence-corrected chi connectivity index (χ1v) is 9.80. The number of rotatable bonds is 3. The lowest BCUT2D eigenvalue weighted by Gasteiger charge is -2.14. The molecule has 2 heterocycles. The number of hydrogen-bond donors (Lipinski definition) is 0. The maximum absolute atomic E-state index is 6.07. The molecule has 29 heavy (non-hydrogen) atoms. The van der Waals surface area contributed by atoms with Crippen molar-refractivity contribution in [1.82, 2.24) is 14.4 Å². The molecule has 4 nitrogen and oxygen atoms in total. The van der Waals surface area contributed by atoms with Gasteiger partial charge in [0, 0.05) is 30.4 Å². The summed E-state index contributed by atoms with van der Waals surface area (Å²) in [6.45, 7) is 0. The number of fused-ring (bicyclic) bond motifs is 3. The molecule has 0 radical (unpaired) electrons. The average molecular weight is 399 g/mol. The van der Waals surface area contributed by atoms with Crippen LogP contribution >= 0.6 is 11.6 Å². The zero-order chi connectivity index (χ0) is 20.0. The fraction of sp³-hybridized carbons (Fsp3) is 0.0833. The molecule has 0 spiro atoms. The van der Waals surface area contributed by atoms with Gasteiger partial charge < -0.3 is 4.90 Å². The molecule has 0 bridgehead atoms. The van der Waals surface area contributed by atoms with Crippen LogP contribution in [0, 0.1) is 0 Å². The van der Waals surface area contributed by atoms with Gasteiger partial charge in [0.05, 0.1) is 22.4 Å². The van der Waals surface area contributed by atoms with Gasteiger partial charge in [-0.15, -0.1) is 0 Å². The molecule has 0 aliphatic carbocycles. The van der Waals surface area contributed by atoms with E-state index in [4.69, 9.17) is 21.6 Å². The molecule has 0 fully saturated rings. The first kappa shape index (κ1) is 17.7. The van der Waals surface area contributed by atoms with Gasteiger partial charge in [-0.1, -0.05) is 48.0 Å². The number of aromatic nitrogens is 3. The van der Waals surface area contributed by atoms with Crippen molar-refractivity contribution in [3.05, 3.63) is 83.9 Å². The van der Waals surface area contributed by atoms with E-state index in [1.165, 1.54) is 0 Å². The maximum atomic E-state index is 6.07. The van der Waals surface area contributed by atoms with E-state index in [2.05, 4.69) is 45.7 Å². The van der Waals surface area contributed by atoms with Crippen LogP contribution in [0.4, 0.5) is 5.69 Å². The second-order valence-electron chi connectivity index (χ2n) is 7.21. The van der Waals surface area contributed by atoms with Crippen LogP contribution in [0.15, 0.2) is 78.9 Å². The van der Waals surface area contributed by atoms with Crippen LogP contribution in [0.2, 0.25) is 5.02 Å². The largest absolute Gasteiger partial charge is 0.378 e. The van der Waals surface area contributed by atoms with Crippen molar-refractivity contribution in [2.24, 2.45) is 0 Å². The zero-order valence-electron chi connectivity index (χ0n) is 16.2. The topological polar surface area (TPSA) is 33.4 Å². The number of para-hydroxylation sites is 2. The highest BCUT2D eigenvalue weighted by Gasteiger charge is 2.14. The molecule has 0 saturated carbocycles. The van der Waals surface area contributed by atoms with Crippen LogP contribution in [0.3, 0.4) is 0 Å². The van der Waals surface area contributed by atoms with Crippen molar-refractivity contribution >= 4 is 34.1 Å². The highest BCUT2D eigenvalue weighted by atomic mass is 35.5. The number of benzene rings is 3. The van der Waals surface area contributed by atoms with Crippen LogP contribution in [-0.4, -0.2) is 28.5 Å². The Kier molecular flexibility index (Phi) is 4.22. The van der Waals surface area contributed by atoms with Crippen molar-refractivity contribution in [1.29, 1.82) is 0 Å². The summed E-state index contributed by atoms with van der Waals surface area (Å²) in [4.78, 5) is 11.7. The highest BCUT2D eigenvalue weighted by molar-refractivity contribution is 6.30. The molecule has 5 aromatic rings. The molecule has 142 valence electrons. The summed E-state index contributed by atoms with van der Waals surface area (Å²) >= 11 is 6.07. The molecule has 2 aromatic heterocycles. The number of halogens is 1. The van der Waals surface area contributed by atoms with Gasteiger partial charge in [-0.25, -0.2) is 9.97 Å². The van der Waals surface area contributed by atoms with Crippen LogP contribution in [0.25, 0.3) is 39.3 Å². The Bertz CT molecular complexity index is 1320. The minimum absolute atomic E-state index is 0.685. The first-order chi connectivity index (χ1) is 14.1. The van der Waals surface area contributed by atoms with Gasteiger partial charge >= 0.3 is 0 Å². The fourth-order valence-electron chi connectivity index (χ4n) is 3.57. The molecule has 5 heteroatoms. The molecule has 0 aliphatic rings. The Balaban J connectivity index is 1.80. The normalized spacial score (nSPS) is 11.3. The summed E-state index contributed by atoms with van der Waals surface area (Å²) in [5.41, 5.74) is 7.18. The van der Waals surface area contributed by atoms with Gasteiger partial charge in [0.2, 0.25) is 5.78 Å². The third-order valence-electron chi connectivity index (χ3n) is 5.10. The smallest absolute Gasteiger partial charge is 0.235 e. The predicted molar refractivity (Wildman–Crippen MR) is 121 cm³/mol. The standard InChI is InChI=1S/C24H19ClN4/c1-28(2)19-13-9-17(10-14-19)23-15-21(16-7-11-18(25)12-8-16)27-24-26-20-5-3-4-6-22(20)29(23)24/h3-15H,1-2H3. The van der Waals surface area contributed by atoms with Crippen molar-refractivity contribution in [3.63, 3.8) is 0 Å². The van der Waals surface area contributed by atoms with Crippen molar-refractivity contribution in [2.75, 3.05) is 19.0 Å². The highest BCUT2D eigenvalue weighted by Crippen LogP contribution is 2.30. The van der Waals surface area contributed by atoms with Gasteiger partial charge in [-0.05, 0) is 48.0 Å². The zero-order valence-corrected chi connectivity index (χ0v) is 16.9. The minimum atomic E-state index is 0.685. The summed E-state index contributed by atoms with van der Waals surface area (Å²) in [5.74, 6) is 0.685. The van der Waals surface area contributed by atoms with Crippen molar-refractivity contribution in [3.8, 4) is 22.5 Å². The molecule has 5 rings (SSSR count). The lowest BCUT2D eigenvalue weighted by atomic mass is 10.1. The number of anilines is 1. The molecule has 0 N–H and O–H groups in total. The van der Waals surface area contributed by atoms with Crippen LogP contribution in [-0.2, 0) is 0 Å². The molecular weight excluding hydrogens is 380 g/mol. The summed E-state index contributed by atoms with van der Waals surface area (Å²) in [6, 6.07) is 26.5. The Morgan fingerprint density at radius 1 is 0.793 bits per heavy atom. The van der Waals surface area contributed by atoms with Gasteiger partial charge in [0.25, 0.3) is 0 Å². The number of nitrogens with zero attached hydrogens (tertiary/aromatic N) is 4. The SMILES string of the molecule is CN(C)c1ccc(-c2cc(-c3ccc(Cl)cc3)nc3nc4ccccc4n23)cc1. The molecule has 0 atom stereocenters. The Morgan fingerprint density at radius 2 is 1.48 bits per heavy atom. The Labute approximate surface area is 174 Å². The summed E-state index contributed by atoms with van der Waals surface area (Å²) in [5, 5.41) is 0.709. The molecule has 0 unspecified atom stereocenters. The van der Waals surface area contributed by atoms with Crippen LogP contribution in [0.1, 0.15) is 0 Å². The van der Waals surface area contributed by atoms with Gasteiger partial charge in [0.1, 0.15) is 0 Å². The number of hydrogen-bond acceptors (Lipinski definition) is 3. The molecule has 0 saturated heterocycles. The molecule has 0 amide bonds. The Morgan fingerprint density at radius 3 is 2.21 bits per heavy atom. The van der Waals surface area contributed by atoms with E-state index in [0.29, 0.717) is 10.8 Å². The molecule has 3 aromatic carbocycles. The predicted octanol–water partition coefficient (Wildman–Crippen LogP) is 5.94. The summed E-state index contributed by atoms with van der Waals surface area (Å²) in [7, 11) is 4.09. The molecular formula is C24H19ClN4. The first-order valence-electron chi connectivity index (χ1n) is 9.42. The average Bonchev–Trinajstić information content (AvgIpc) is 3.12. The van der Waals surface area contributed by atoms with Crippen LogP contribution in [0.5, 0.6) is 0 Å². The van der Waals surface area contributed by atoms with E-state index in [1.807, 2.05) is 56.6 Å². The quantitative estimate of drug-likeness (QED) is 0.377. The third kappa shape index (κ3) is 3.12. The summed E-state index contributed by atoms with van der Waals surface area (Å²) < 4.78 is 2.12. The number of imidazole rings is 1.